The number of hydrogen-bond donors (Lipinski definition) is 2. The van der Waals surface area contributed by atoms with E-state index in [1.54, 1.807) is 0 Å². The largest absolute Gasteiger partial charge is 0.345 e. The average Bonchev–Trinajstić information content (AvgIpc) is 2.48. The molecule has 0 aliphatic rings. The van der Waals surface area contributed by atoms with E-state index in [1.807, 2.05) is 55.5 Å². The molecule has 3 nitrogen and oxygen atoms in total. The number of amides is 1. The van der Waals surface area contributed by atoms with E-state index in [-0.39, 0.29) is 11.9 Å². The molecule has 0 spiro atoms. The van der Waals surface area contributed by atoms with E-state index in [2.05, 4.69) is 21.2 Å². The second-order valence-electron chi connectivity index (χ2n) is 4.95. The fraction of sp³-hybridized carbons (Fsp3) is 0.235. The molecule has 2 aromatic rings. The van der Waals surface area contributed by atoms with Crippen molar-refractivity contribution in [3.8, 4) is 0 Å². The molecule has 21 heavy (non-hydrogen) atoms. The van der Waals surface area contributed by atoms with Crippen molar-refractivity contribution in [3.05, 3.63) is 69.7 Å². The summed E-state index contributed by atoms with van der Waals surface area (Å²) in [5.74, 6) is -0.0717. The van der Waals surface area contributed by atoms with E-state index >= 15 is 0 Å². The second-order valence-corrected chi connectivity index (χ2v) is 5.81. The molecule has 0 saturated carbocycles. The molecule has 0 aliphatic heterocycles. The minimum atomic E-state index is -0.0717. The molecule has 0 saturated heterocycles. The van der Waals surface area contributed by atoms with E-state index in [0.29, 0.717) is 12.1 Å². The Balaban J connectivity index is 2.05. The van der Waals surface area contributed by atoms with Crippen molar-refractivity contribution in [3.63, 3.8) is 0 Å². The van der Waals surface area contributed by atoms with Crippen LogP contribution in [0, 0.1) is 0 Å². The molecule has 0 fully saturated rings. The zero-order valence-corrected chi connectivity index (χ0v) is 13.6. The van der Waals surface area contributed by atoms with E-state index in [4.69, 9.17) is 5.73 Å². The molecular formula is C17H19BrN2O. The molecule has 4 heteroatoms. The van der Waals surface area contributed by atoms with Crippen LogP contribution in [0.2, 0.25) is 0 Å². The lowest BCUT2D eigenvalue weighted by Crippen LogP contribution is -2.26. The van der Waals surface area contributed by atoms with Crippen molar-refractivity contribution in [1.82, 2.24) is 5.32 Å². The molecule has 2 rings (SSSR count). The number of nitrogens with one attached hydrogen (secondary N) is 1. The third-order valence-electron chi connectivity index (χ3n) is 3.37. The molecule has 0 radical (unpaired) electrons. The molecule has 2 aromatic carbocycles. The Bertz CT molecular complexity index is 610. The number of halogens is 1. The van der Waals surface area contributed by atoms with Crippen LogP contribution < -0.4 is 11.1 Å². The highest BCUT2D eigenvalue weighted by Gasteiger charge is 2.13. The summed E-state index contributed by atoms with van der Waals surface area (Å²) >= 11 is 3.51. The van der Waals surface area contributed by atoms with Gasteiger partial charge in [0, 0.05) is 10.0 Å². The van der Waals surface area contributed by atoms with Gasteiger partial charge in [0.05, 0.1) is 6.04 Å². The Kier molecular flexibility index (Phi) is 5.53. The topological polar surface area (TPSA) is 55.1 Å². The lowest BCUT2D eigenvalue weighted by Gasteiger charge is -2.16. The first-order valence-electron chi connectivity index (χ1n) is 6.96. The molecule has 0 heterocycles. The van der Waals surface area contributed by atoms with Gasteiger partial charge < -0.3 is 11.1 Å². The molecule has 0 unspecified atom stereocenters. The smallest absolute Gasteiger partial charge is 0.251 e. The highest BCUT2D eigenvalue weighted by Crippen LogP contribution is 2.23. The van der Waals surface area contributed by atoms with Crippen LogP contribution in [-0.4, -0.2) is 12.5 Å². The predicted molar refractivity (Wildman–Crippen MR) is 89.2 cm³/mol. The van der Waals surface area contributed by atoms with E-state index < -0.39 is 0 Å². The van der Waals surface area contributed by atoms with Crippen LogP contribution in [0.15, 0.2) is 53.0 Å². The van der Waals surface area contributed by atoms with Crippen LogP contribution in [0.1, 0.15) is 34.5 Å². The molecule has 0 aromatic heterocycles. The molecule has 1 atom stereocenters. The van der Waals surface area contributed by atoms with Gasteiger partial charge in [0.2, 0.25) is 0 Å². The maximum atomic E-state index is 12.3. The Hall–Kier alpha value is -1.65. The van der Waals surface area contributed by atoms with Crippen molar-refractivity contribution >= 4 is 21.8 Å². The summed E-state index contributed by atoms with van der Waals surface area (Å²) in [6.45, 7) is 2.59. The first kappa shape index (κ1) is 15.7. The maximum absolute atomic E-state index is 12.3. The molecule has 0 aliphatic carbocycles. The number of hydrogen-bond acceptors (Lipinski definition) is 2. The zero-order chi connectivity index (χ0) is 15.2. The number of carbonyl (C=O) groups is 1. The van der Waals surface area contributed by atoms with Crippen LogP contribution >= 0.6 is 15.9 Å². The number of benzene rings is 2. The van der Waals surface area contributed by atoms with Crippen LogP contribution in [0.4, 0.5) is 0 Å². The summed E-state index contributed by atoms with van der Waals surface area (Å²) in [7, 11) is 0. The van der Waals surface area contributed by atoms with Crippen LogP contribution in [0.3, 0.4) is 0 Å². The Labute approximate surface area is 133 Å². The summed E-state index contributed by atoms with van der Waals surface area (Å²) in [6.07, 6.45) is 0.829. The van der Waals surface area contributed by atoms with Crippen LogP contribution in [0.25, 0.3) is 0 Å². The summed E-state index contributed by atoms with van der Waals surface area (Å²) in [4.78, 5) is 12.3. The number of nitrogens with two attached hydrogens (primary N) is 1. The van der Waals surface area contributed by atoms with Gasteiger partial charge in [-0.1, -0.05) is 46.3 Å². The van der Waals surface area contributed by atoms with Gasteiger partial charge in [-0.3, -0.25) is 4.79 Å². The van der Waals surface area contributed by atoms with Crippen molar-refractivity contribution in [2.75, 3.05) is 6.54 Å². The highest BCUT2D eigenvalue weighted by atomic mass is 79.9. The Morgan fingerprint density at radius 2 is 1.86 bits per heavy atom. The van der Waals surface area contributed by atoms with Gasteiger partial charge in [-0.05, 0) is 49.2 Å². The van der Waals surface area contributed by atoms with Gasteiger partial charge in [0.25, 0.3) is 5.91 Å². The fourth-order valence-electron chi connectivity index (χ4n) is 2.17. The summed E-state index contributed by atoms with van der Waals surface area (Å²) in [6, 6.07) is 15.4. The van der Waals surface area contributed by atoms with Gasteiger partial charge in [-0.15, -0.1) is 0 Å². The number of carbonyl (C=O) groups excluding carboxylic acids is 1. The summed E-state index contributed by atoms with van der Waals surface area (Å²) < 4.78 is 0.996. The van der Waals surface area contributed by atoms with Crippen molar-refractivity contribution in [1.29, 1.82) is 0 Å². The van der Waals surface area contributed by atoms with Crippen molar-refractivity contribution < 1.29 is 4.79 Å². The highest BCUT2D eigenvalue weighted by molar-refractivity contribution is 9.10. The van der Waals surface area contributed by atoms with Gasteiger partial charge in [-0.25, -0.2) is 0 Å². The predicted octanol–water partition coefficient (Wildman–Crippen LogP) is 3.44. The van der Waals surface area contributed by atoms with Crippen LogP contribution in [0.5, 0.6) is 0 Å². The molecule has 110 valence electrons. The Morgan fingerprint density at radius 1 is 1.19 bits per heavy atom. The quantitative estimate of drug-likeness (QED) is 0.871. The Morgan fingerprint density at radius 3 is 2.48 bits per heavy atom. The summed E-state index contributed by atoms with van der Waals surface area (Å²) in [5.41, 5.74) is 8.39. The number of rotatable bonds is 5. The molecule has 3 N–H and O–H groups in total. The second kappa shape index (κ2) is 7.38. The molecule has 0 bridgehead atoms. The van der Waals surface area contributed by atoms with Gasteiger partial charge in [-0.2, -0.15) is 0 Å². The van der Waals surface area contributed by atoms with E-state index in [9.17, 15) is 4.79 Å². The van der Waals surface area contributed by atoms with E-state index in [0.717, 1.165) is 22.0 Å². The lowest BCUT2D eigenvalue weighted by atomic mass is 10.1. The third kappa shape index (κ3) is 4.16. The first-order valence-corrected chi connectivity index (χ1v) is 7.75. The first-order chi connectivity index (χ1) is 10.1. The summed E-state index contributed by atoms with van der Waals surface area (Å²) in [5, 5.41) is 3.01. The minimum absolute atomic E-state index is 0.0585. The standard InChI is InChI=1S/C17H19BrN2O/c1-12(15-4-2-3-5-16(15)18)20-17(21)14-8-6-13(7-9-14)10-11-19/h2-9,12H,10-11,19H2,1H3,(H,20,21)/t12-/m0/s1. The van der Waals surface area contributed by atoms with E-state index in [1.165, 1.54) is 0 Å². The average molecular weight is 347 g/mol. The van der Waals surface area contributed by atoms with Gasteiger partial charge >= 0.3 is 0 Å². The normalized spacial score (nSPS) is 12.0. The monoisotopic (exact) mass is 346 g/mol. The zero-order valence-electron chi connectivity index (χ0n) is 12.0. The van der Waals surface area contributed by atoms with Crippen molar-refractivity contribution in [2.24, 2.45) is 5.73 Å². The molecular weight excluding hydrogens is 328 g/mol. The van der Waals surface area contributed by atoms with Gasteiger partial charge in [0.1, 0.15) is 0 Å². The third-order valence-corrected chi connectivity index (χ3v) is 4.09. The maximum Gasteiger partial charge on any atom is 0.251 e. The minimum Gasteiger partial charge on any atom is -0.345 e. The lowest BCUT2D eigenvalue weighted by molar-refractivity contribution is 0.0940. The van der Waals surface area contributed by atoms with Crippen LogP contribution in [-0.2, 0) is 6.42 Å². The molecule has 1 amide bonds. The SMILES string of the molecule is C[C@H](NC(=O)c1ccc(CCN)cc1)c1ccccc1Br. The fourth-order valence-corrected chi connectivity index (χ4v) is 2.80. The van der Waals surface area contributed by atoms with Gasteiger partial charge in [0.15, 0.2) is 0 Å². The van der Waals surface area contributed by atoms with Crippen molar-refractivity contribution in [2.45, 2.75) is 19.4 Å².